The second kappa shape index (κ2) is 14.4. The van der Waals surface area contributed by atoms with Crippen molar-refractivity contribution in [2.24, 2.45) is 21.8 Å². The minimum absolute atomic E-state index is 0.00744. The maximum Gasteiger partial charge on any atom is 0.315 e. The number of carbonyl (C=O) groups is 2. The summed E-state index contributed by atoms with van der Waals surface area (Å²) in [6.07, 6.45) is 12.6. The van der Waals surface area contributed by atoms with Gasteiger partial charge in [0.1, 0.15) is 0 Å². The number of urea groups is 2. The van der Waals surface area contributed by atoms with Gasteiger partial charge in [-0.15, -0.1) is 0 Å². The van der Waals surface area contributed by atoms with Crippen LogP contribution in [0.2, 0.25) is 0 Å². The Morgan fingerprint density at radius 2 is 1.15 bits per heavy atom. The molecule has 0 aromatic carbocycles. The Kier molecular flexibility index (Phi) is 10.4. The van der Waals surface area contributed by atoms with E-state index in [2.05, 4.69) is 41.9 Å². The van der Waals surface area contributed by atoms with Crippen molar-refractivity contribution < 1.29 is 14.3 Å². The van der Waals surface area contributed by atoms with Crippen LogP contribution in [-0.4, -0.2) is 87.3 Å². The van der Waals surface area contributed by atoms with Crippen LogP contribution in [0.4, 0.5) is 9.59 Å². The molecule has 224 valence electrons. The SMILES string of the molecule is COC1CCC(NC(=O)NC2CCC(C3=NCCCN3)CC2)CC1NC(=O)NC1CCC(C2=NCCCN2)CC1. The van der Waals surface area contributed by atoms with Gasteiger partial charge in [-0.2, -0.15) is 0 Å². The highest BCUT2D eigenvalue weighted by molar-refractivity contribution is 5.85. The first-order valence-corrected chi connectivity index (χ1v) is 15.8. The third kappa shape index (κ3) is 8.01. The summed E-state index contributed by atoms with van der Waals surface area (Å²) >= 11 is 0. The number of nitrogens with one attached hydrogen (secondary N) is 6. The van der Waals surface area contributed by atoms with Crippen LogP contribution < -0.4 is 31.9 Å². The van der Waals surface area contributed by atoms with Crippen LogP contribution in [0.25, 0.3) is 0 Å². The van der Waals surface area contributed by atoms with E-state index in [4.69, 9.17) is 4.74 Å². The zero-order chi connectivity index (χ0) is 27.7. The minimum atomic E-state index is -0.139. The molecule has 3 aliphatic carbocycles. The van der Waals surface area contributed by atoms with E-state index < -0.39 is 0 Å². The minimum Gasteiger partial charge on any atom is -0.379 e. The molecule has 2 heterocycles. The van der Waals surface area contributed by atoms with Gasteiger partial charge in [0.05, 0.1) is 23.8 Å². The zero-order valence-corrected chi connectivity index (χ0v) is 24.2. The number of nitrogens with zero attached hydrogens (tertiary/aromatic N) is 2. The molecule has 3 saturated carbocycles. The van der Waals surface area contributed by atoms with Crippen molar-refractivity contribution in [3.05, 3.63) is 0 Å². The molecule has 5 rings (SSSR count). The average Bonchev–Trinajstić information content (AvgIpc) is 2.99. The van der Waals surface area contributed by atoms with Crippen molar-refractivity contribution in [1.82, 2.24) is 31.9 Å². The lowest BCUT2D eigenvalue weighted by molar-refractivity contribution is 0.0375. The summed E-state index contributed by atoms with van der Waals surface area (Å²) in [6.45, 7) is 3.91. The largest absolute Gasteiger partial charge is 0.379 e. The molecule has 0 aromatic heterocycles. The Morgan fingerprint density at radius 3 is 1.62 bits per heavy atom. The molecular weight excluding hydrogens is 508 g/mol. The maximum absolute atomic E-state index is 12.9. The lowest BCUT2D eigenvalue weighted by Crippen LogP contribution is -2.57. The van der Waals surface area contributed by atoms with Gasteiger partial charge in [0, 0.05) is 63.3 Å². The van der Waals surface area contributed by atoms with E-state index in [9.17, 15) is 9.59 Å². The molecule has 0 radical (unpaired) electrons. The Bertz CT molecular complexity index is 911. The van der Waals surface area contributed by atoms with Crippen LogP contribution in [0.1, 0.15) is 83.5 Å². The highest BCUT2D eigenvalue weighted by Crippen LogP contribution is 2.27. The first-order valence-electron chi connectivity index (χ1n) is 15.8. The highest BCUT2D eigenvalue weighted by atomic mass is 16.5. The lowest BCUT2D eigenvalue weighted by atomic mass is 9.84. The number of methoxy groups -OCH3 is 1. The topological polar surface area (TPSA) is 140 Å². The molecule has 5 aliphatic rings. The van der Waals surface area contributed by atoms with Gasteiger partial charge in [-0.25, -0.2) is 9.59 Å². The van der Waals surface area contributed by atoms with Crippen LogP contribution in [0.15, 0.2) is 9.98 Å². The summed E-state index contributed by atoms with van der Waals surface area (Å²) in [7, 11) is 1.70. The molecule has 6 N–H and O–H groups in total. The number of hydrogen-bond donors (Lipinski definition) is 6. The molecule has 3 atom stereocenters. The standard InChI is InChI=1S/C29H50N8O3/c1-40-25-13-12-23(36-28(38)34-21-8-4-19(5-9-21)26-30-14-2-15-31-26)18-24(25)37-29(39)35-22-10-6-20(7-11-22)27-32-16-3-17-33-27/h19-25H,2-18H2,1H3,(H,30,31)(H,32,33)(H2,34,36,38)(H2,35,37,39). The second-order valence-corrected chi connectivity index (χ2v) is 12.3. The molecule has 40 heavy (non-hydrogen) atoms. The van der Waals surface area contributed by atoms with Gasteiger partial charge in [0.15, 0.2) is 0 Å². The number of aliphatic imine (C=N–C) groups is 2. The molecule has 0 aromatic rings. The van der Waals surface area contributed by atoms with E-state index in [1.54, 1.807) is 7.11 Å². The highest BCUT2D eigenvalue weighted by Gasteiger charge is 2.34. The third-order valence-corrected chi connectivity index (χ3v) is 9.49. The van der Waals surface area contributed by atoms with E-state index >= 15 is 0 Å². The molecule has 0 saturated heterocycles. The van der Waals surface area contributed by atoms with Crippen molar-refractivity contribution in [2.45, 2.75) is 114 Å². The van der Waals surface area contributed by atoms with E-state index in [-0.39, 0.29) is 42.3 Å². The van der Waals surface area contributed by atoms with Gasteiger partial charge < -0.3 is 36.6 Å². The van der Waals surface area contributed by atoms with Crippen molar-refractivity contribution >= 4 is 23.7 Å². The number of ether oxygens (including phenoxy) is 1. The summed E-state index contributed by atoms with van der Waals surface area (Å²) in [5.41, 5.74) is 0. The smallest absolute Gasteiger partial charge is 0.315 e. The fraction of sp³-hybridized carbons (Fsp3) is 0.862. The van der Waals surface area contributed by atoms with Crippen LogP contribution in [0.3, 0.4) is 0 Å². The Morgan fingerprint density at radius 1 is 0.675 bits per heavy atom. The number of amides is 4. The summed E-state index contributed by atoms with van der Waals surface area (Å²) in [4.78, 5) is 35.1. The number of rotatable bonds is 7. The summed E-state index contributed by atoms with van der Waals surface area (Å²) in [6, 6.07) is 0.0118. The molecule has 3 unspecified atom stereocenters. The molecule has 0 spiro atoms. The summed E-state index contributed by atoms with van der Waals surface area (Å²) < 4.78 is 5.70. The second-order valence-electron chi connectivity index (χ2n) is 12.3. The van der Waals surface area contributed by atoms with Crippen molar-refractivity contribution in [1.29, 1.82) is 0 Å². The molecule has 4 amide bonds. The zero-order valence-electron chi connectivity index (χ0n) is 24.2. The van der Waals surface area contributed by atoms with Crippen LogP contribution in [0, 0.1) is 11.8 Å². The van der Waals surface area contributed by atoms with Crippen LogP contribution >= 0.6 is 0 Å². The number of carbonyl (C=O) groups excluding carboxylic acids is 2. The van der Waals surface area contributed by atoms with Gasteiger partial charge in [-0.3, -0.25) is 9.98 Å². The predicted octanol–water partition coefficient (Wildman–Crippen LogP) is 2.42. The molecule has 11 nitrogen and oxygen atoms in total. The Hall–Kier alpha value is -2.56. The Balaban J connectivity index is 1.02. The van der Waals surface area contributed by atoms with Gasteiger partial charge in [0.25, 0.3) is 0 Å². The first kappa shape index (κ1) is 29.0. The van der Waals surface area contributed by atoms with E-state index in [1.807, 2.05) is 0 Å². The predicted molar refractivity (Wildman–Crippen MR) is 157 cm³/mol. The van der Waals surface area contributed by atoms with Gasteiger partial charge >= 0.3 is 12.1 Å². The summed E-state index contributed by atoms with van der Waals surface area (Å²) in [5.74, 6) is 3.34. The molecule has 2 aliphatic heterocycles. The molecule has 11 heteroatoms. The van der Waals surface area contributed by atoms with Crippen molar-refractivity contribution in [2.75, 3.05) is 33.3 Å². The molecule has 3 fully saturated rings. The van der Waals surface area contributed by atoms with E-state index in [1.165, 1.54) is 11.7 Å². The van der Waals surface area contributed by atoms with Crippen molar-refractivity contribution in [3.63, 3.8) is 0 Å². The normalized spacial score (nSPS) is 34.7. The number of hydrogen-bond acceptors (Lipinski definition) is 7. The quantitative estimate of drug-likeness (QED) is 0.285. The van der Waals surface area contributed by atoms with Gasteiger partial charge in [-0.1, -0.05) is 0 Å². The fourth-order valence-corrected chi connectivity index (χ4v) is 7.19. The monoisotopic (exact) mass is 558 g/mol. The van der Waals surface area contributed by atoms with Crippen LogP contribution in [-0.2, 0) is 4.74 Å². The van der Waals surface area contributed by atoms with Crippen LogP contribution in [0.5, 0.6) is 0 Å². The van der Waals surface area contributed by atoms with Crippen molar-refractivity contribution in [3.8, 4) is 0 Å². The third-order valence-electron chi connectivity index (χ3n) is 9.49. The van der Waals surface area contributed by atoms with Gasteiger partial charge in [0.2, 0.25) is 0 Å². The van der Waals surface area contributed by atoms with E-state index in [0.717, 1.165) is 103 Å². The first-order chi connectivity index (χ1) is 19.6. The molecule has 0 bridgehead atoms. The number of amidine groups is 2. The molecular formula is C29H50N8O3. The maximum atomic E-state index is 12.9. The van der Waals surface area contributed by atoms with Gasteiger partial charge in [-0.05, 0) is 83.5 Å². The Labute approximate surface area is 238 Å². The van der Waals surface area contributed by atoms with E-state index in [0.29, 0.717) is 18.3 Å². The fourth-order valence-electron chi connectivity index (χ4n) is 7.19. The average molecular weight is 559 g/mol. The summed E-state index contributed by atoms with van der Waals surface area (Å²) in [5, 5.41) is 19.6. The lowest BCUT2D eigenvalue weighted by Gasteiger charge is -2.37.